The number of carbonyl (C=O) groups excluding carboxylic acids is 3. The van der Waals surface area contributed by atoms with E-state index in [1.807, 2.05) is 4.90 Å². The Labute approximate surface area is 210 Å². The lowest BCUT2D eigenvalue weighted by Crippen LogP contribution is -2.52. The average Bonchev–Trinajstić information content (AvgIpc) is 3.18. The molecule has 0 bridgehead atoms. The normalized spacial score (nSPS) is 22.2. The molecule has 2 fully saturated rings. The minimum Gasteiger partial charge on any atom is -0.385 e. The van der Waals surface area contributed by atoms with Crippen LogP contribution < -0.4 is 5.32 Å². The number of carbonyl (C=O) groups is 3. The van der Waals surface area contributed by atoms with Crippen LogP contribution in [0.15, 0.2) is 36.4 Å². The van der Waals surface area contributed by atoms with Crippen LogP contribution in [0, 0.1) is 5.82 Å². The number of halogens is 4. The molecule has 0 saturated carbocycles. The third-order valence-corrected chi connectivity index (χ3v) is 7.52. The van der Waals surface area contributed by atoms with Crippen molar-refractivity contribution in [1.29, 1.82) is 0 Å². The van der Waals surface area contributed by atoms with Crippen LogP contribution in [0.25, 0.3) is 0 Å². The van der Waals surface area contributed by atoms with Crippen LogP contribution in [0.4, 0.5) is 17.6 Å². The Hall–Kier alpha value is -3.31. The quantitative estimate of drug-likeness (QED) is 0.479. The number of rotatable bonds is 4. The first-order valence-corrected chi connectivity index (χ1v) is 12.0. The highest BCUT2D eigenvalue weighted by atomic mass is 19.4. The monoisotopic (exact) mass is 519 g/mol. The van der Waals surface area contributed by atoms with Crippen LogP contribution in [0.3, 0.4) is 0 Å². The van der Waals surface area contributed by atoms with Gasteiger partial charge < -0.3 is 10.0 Å². The summed E-state index contributed by atoms with van der Waals surface area (Å²) >= 11 is 0. The molecular formula is C26H25F4N3O4. The van der Waals surface area contributed by atoms with Crippen molar-refractivity contribution in [2.24, 2.45) is 0 Å². The zero-order chi connectivity index (χ0) is 26.5. The van der Waals surface area contributed by atoms with E-state index in [9.17, 15) is 32.7 Å². The number of imide groups is 1. The number of amides is 3. The summed E-state index contributed by atoms with van der Waals surface area (Å²) in [5.41, 5.74) is -1.15. The molecule has 3 aliphatic heterocycles. The van der Waals surface area contributed by atoms with Gasteiger partial charge in [0.15, 0.2) is 0 Å². The summed E-state index contributed by atoms with van der Waals surface area (Å²) < 4.78 is 54.0. The van der Waals surface area contributed by atoms with Crippen LogP contribution >= 0.6 is 0 Å². The summed E-state index contributed by atoms with van der Waals surface area (Å²) in [6.45, 7) is 1.07. The molecule has 3 amide bonds. The highest BCUT2D eigenvalue weighted by molar-refractivity contribution is 6.05. The molecule has 196 valence electrons. The Balaban J connectivity index is 1.27. The minimum absolute atomic E-state index is 0.0818. The van der Waals surface area contributed by atoms with E-state index in [4.69, 9.17) is 0 Å². The molecule has 3 aliphatic rings. The van der Waals surface area contributed by atoms with E-state index >= 15 is 4.39 Å². The van der Waals surface area contributed by atoms with Crippen molar-refractivity contribution in [3.05, 3.63) is 70.0 Å². The van der Waals surface area contributed by atoms with Gasteiger partial charge in [-0.25, -0.2) is 4.39 Å². The Bertz CT molecular complexity index is 1250. The highest BCUT2D eigenvalue weighted by Gasteiger charge is 2.43. The van der Waals surface area contributed by atoms with Crippen LogP contribution in [0.2, 0.25) is 0 Å². The molecule has 0 aromatic heterocycles. The summed E-state index contributed by atoms with van der Waals surface area (Å²) in [4.78, 5) is 39.8. The predicted molar refractivity (Wildman–Crippen MR) is 122 cm³/mol. The molecule has 0 spiro atoms. The van der Waals surface area contributed by atoms with Gasteiger partial charge in [-0.2, -0.15) is 13.2 Å². The number of alkyl halides is 3. The number of nitrogens with one attached hydrogen (secondary N) is 1. The first-order chi connectivity index (χ1) is 17.5. The number of aliphatic hydroxyl groups is 1. The van der Waals surface area contributed by atoms with E-state index in [0.29, 0.717) is 25.2 Å². The second-order valence-corrected chi connectivity index (χ2v) is 9.86. The largest absolute Gasteiger partial charge is 0.416 e. The fraction of sp³-hybridized carbons (Fsp3) is 0.423. The Morgan fingerprint density at radius 2 is 1.70 bits per heavy atom. The van der Waals surface area contributed by atoms with E-state index in [1.165, 1.54) is 29.2 Å². The highest BCUT2D eigenvalue weighted by Crippen LogP contribution is 2.39. The summed E-state index contributed by atoms with van der Waals surface area (Å²) in [6.07, 6.45) is -3.74. The number of fused-ring (bicyclic) bond motifs is 1. The third kappa shape index (κ3) is 4.73. The first-order valence-electron chi connectivity index (χ1n) is 12.0. The van der Waals surface area contributed by atoms with Gasteiger partial charge in [-0.3, -0.25) is 24.6 Å². The van der Waals surface area contributed by atoms with Crippen LogP contribution in [0.1, 0.15) is 58.3 Å². The van der Waals surface area contributed by atoms with Crippen molar-refractivity contribution < 1.29 is 37.1 Å². The van der Waals surface area contributed by atoms with Gasteiger partial charge in [0.05, 0.1) is 17.7 Å². The molecule has 1 unspecified atom stereocenters. The van der Waals surface area contributed by atoms with Crippen molar-refractivity contribution in [1.82, 2.24) is 15.1 Å². The lowest BCUT2D eigenvalue weighted by atomic mass is 9.82. The molecule has 7 nitrogen and oxygen atoms in total. The maximum absolute atomic E-state index is 15.7. The maximum Gasteiger partial charge on any atom is 0.416 e. The smallest absolute Gasteiger partial charge is 0.385 e. The predicted octanol–water partition coefficient (Wildman–Crippen LogP) is 3.09. The molecule has 2 saturated heterocycles. The maximum atomic E-state index is 15.7. The van der Waals surface area contributed by atoms with Crippen molar-refractivity contribution in [3.63, 3.8) is 0 Å². The number of nitrogens with zero attached hydrogens (tertiary/aromatic N) is 2. The number of piperidine rings is 2. The Morgan fingerprint density at radius 1 is 1.03 bits per heavy atom. The molecular weight excluding hydrogens is 494 g/mol. The van der Waals surface area contributed by atoms with Crippen molar-refractivity contribution in [2.75, 3.05) is 13.1 Å². The molecule has 2 aromatic carbocycles. The molecule has 0 aliphatic carbocycles. The van der Waals surface area contributed by atoms with Gasteiger partial charge in [0, 0.05) is 42.7 Å². The molecule has 2 aromatic rings. The number of benzene rings is 2. The zero-order valence-electron chi connectivity index (χ0n) is 19.8. The fourth-order valence-corrected chi connectivity index (χ4v) is 5.37. The second kappa shape index (κ2) is 9.21. The second-order valence-electron chi connectivity index (χ2n) is 9.86. The first kappa shape index (κ1) is 25.3. The van der Waals surface area contributed by atoms with Crippen LogP contribution in [-0.4, -0.2) is 51.8 Å². The fourth-order valence-electron chi connectivity index (χ4n) is 5.37. The van der Waals surface area contributed by atoms with Gasteiger partial charge in [-0.1, -0.05) is 18.2 Å². The van der Waals surface area contributed by atoms with E-state index in [-0.39, 0.29) is 48.9 Å². The summed E-state index contributed by atoms with van der Waals surface area (Å²) in [5.74, 6) is -2.17. The van der Waals surface area contributed by atoms with Gasteiger partial charge in [0.1, 0.15) is 11.9 Å². The number of likely N-dealkylation sites (tertiary alicyclic amines) is 1. The topological polar surface area (TPSA) is 90.0 Å². The SMILES string of the molecule is O=C1CCC(N2Cc3c(ccc(C4(O)CCN(Cc5ccc(C(F)(F)F)cc5)CC4)c3F)C2=O)C(=O)N1. The van der Waals surface area contributed by atoms with Crippen molar-refractivity contribution in [2.45, 2.75) is 56.6 Å². The summed E-state index contributed by atoms with van der Waals surface area (Å²) in [5, 5.41) is 13.5. The molecule has 5 rings (SSSR count). The molecule has 1 atom stereocenters. The summed E-state index contributed by atoms with van der Waals surface area (Å²) in [6, 6.07) is 6.94. The molecule has 2 N–H and O–H groups in total. The molecule has 11 heteroatoms. The lowest BCUT2D eigenvalue weighted by molar-refractivity contribution is -0.138. The van der Waals surface area contributed by atoms with E-state index in [2.05, 4.69) is 5.32 Å². The van der Waals surface area contributed by atoms with Crippen molar-refractivity contribution in [3.8, 4) is 0 Å². The number of hydrogen-bond acceptors (Lipinski definition) is 5. The Kier molecular flexibility index (Phi) is 6.31. The van der Waals surface area contributed by atoms with E-state index < -0.39 is 46.9 Å². The standard InChI is InChI=1S/C26H25F4N3O4/c27-22-18-14-33(20-7-8-21(34)31-23(20)35)24(36)17(18)5-6-19(22)25(37)9-11-32(12-10-25)13-15-1-3-16(4-2-15)26(28,29)30/h1-6,20,37H,7-14H2,(H,31,34,35). The van der Waals surface area contributed by atoms with Crippen molar-refractivity contribution >= 4 is 17.7 Å². The average molecular weight is 519 g/mol. The van der Waals surface area contributed by atoms with Crippen LogP contribution in [0.5, 0.6) is 0 Å². The third-order valence-electron chi connectivity index (χ3n) is 7.52. The Morgan fingerprint density at radius 3 is 2.32 bits per heavy atom. The van der Waals surface area contributed by atoms with Gasteiger partial charge in [0.25, 0.3) is 5.91 Å². The minimum atomic E-state index is -4.40. The van der Waals surface area contributed by atoms with Gasteiger partial charge in [0.2, 0.25) is 11.8 Å². The lowest BCUT2D eigenvalue weighted by Gasteiger charge is -2.39. The van der Waals surface area contributed by atoms with Crippen LogP contribution in [-0.2, 0) is 34.5 Å². The van der Waals surface area contributed by atoms with E-state index in [0.717, 1.165) is 12.1 Å². The van der Waals surface area contributed by atoms with Gasteiger partial charge in [-0.05, 0) is 43.0 Å². The summed E-state index contributed by atoms with van der Waals surface area (Å²) in [7, 11) is 0. The zero-order valence-corrected chi connectivity index (χ0v) is 19.8. The molecule has 0 radical (unpaired) electrons. The number of hydrogen-bond donors (Lipinski definition) is 2. The molecule has 37 heavy (non-hydrogen) atoms. The molecule has 3 heterocycles. The van der Waals surface area contributed by atoms with E-state index in [1.54, 1.807) is 0 Å². The van der Waals surface area contributed by atoms with Gasteiger partial charge >= 0.3 is 6.18 Å². The van der Waals surface area contributed by atoms with Gasteiger partial charge in [-0.15, -0.1) is 0 Å².